The van der Waals surface area contributed by atoms with E-state index in [1.807, 2.05) is 13.8 Å². The molecular formula is C15H28O3. The predicted molar refractivity (Wildman–Crippen MR) is 72.4 cm³/mol. The van der Waals surface area contributed by atoms with Crippen LogP contribution in [0.1, 0.15) is 66.7 Å². The number of carbonyl (C=O) groups is 1. The van der Waals surface area contributed by atoms with Gasteiger partial charge in [-0.05, 0) is 50.4 Å². The first-order chi connectivity index (χ1) is 8.01. The zero-order chi connectivity index (χ0) is 14.2. The van der Waals surface area contributed by atoms with Gasteiger partial charge in [0.1, 0.15) is 0 Å². The summed E-state index contributed by atoms with van der Waals surface area (Å²) in [6, 6.07) is 0. The van der Waals surface area contributed by atoms with Gasteiger partial charge in [0.05, 0.1) is 11.0 Å². The third-order valence-corrected chi connectivity index (χ3v) is 4.95. The molecule has 0 heterocycles. The van der Waals surface area contributed by atoms with Gasteiger partial charge in [-0.1, -0.05) is 27.7 Å². The van der Waals surface area contributed by atoms with E-state index >= 15 is 0 Å². The van der Waals surface area contributed by atoms with Crippen LogP contribution in [0.2, 0.25) is 0 Å². The molecule has 0 radical (unpaired) electrons. The van der Waals surface area contributed by atoms with Crippen molar-refractivity contribution in [2.24, 2.45) is 16.7 Å². The highest BCUT2D eigenvalue weighted by molar-refractivity contribution is 5.75. The Hall–Kier alpha value is -0.570. The highest BCUT2D eigenvalue weighted by atomic mass is 16.4. The van der Waals surface area contributed by atoms with Gasteiger partial charge in [0, 0.05) is 0 Å². The van der Waals surface area contributed by atoms with E-state index in [1.165, 1.54) is 0 Å². The Labute approximate surface area is 111 Å². The summed E-state index contributed by atoms with van der Waals surface area (Å²) < 4.78 is 0. The van der Waals surface area contributed by atoms with Gasteiger partial charge in [-0.3, -0.25) is 4.79 Å². The molecule has 3 heteroatoms. The summed E-state index contributed by atoms with van der Waals surface area (Å²) in [5.41, 5.74) is -1.40. The van der Waals surface area contributed by atoms with Gasteiger partial charge in [0.15, 0.2) is 0 Å². The van der Waals surface area contributed by atoms with Crippen molar-refractivity contribution in [3.63, 3.8) is 0 Å². The van der Waals surface area contributed by atoms with Crippen LogP contribution in [0.25, 0.3) is 0 Å². The fourth-order valence-electron chi connectivity index (χ4n) is 2.76. The Balaban J connectivity index is 2.88. The monoisotopic (exact) mass is 256 g/mol. The maximum Gasteiger partial charge on any atom is 0.309 e. The second-order valence-corrected chi connectivity index (χ2v) is 7.44. The molecule has 0 saturated heterocycles. The van der Waals surface area contributed by atoms with E-state index < -0.39 is 17.0 Å². The number of carboxylic acid groups (broad SMARTS) is 1. The summed E-state index contributed by atoms with van der Waals surface area (Å²) >= 11 is 0. The van der Waals surface area contributed by atoms with Crippen molar-refractivity contribution in [3.8, 4) is 0 Å². The quantitative estimate of drug-likeness (QED) is 0.810. The van der Waals surface area contributed by atoms with E-state index in [4.69, 9.17) is 0 Å². The first kappa shape index (κ1) is 15.5. The number of carboxylic acids is 1. The smallest absolute Gasteiger partial charge is 0.309 e. The molecule has 1 fully saturated rings. The minimum Gasteiger partial charge on any atom is -0.481 e. The van der Waals surface area contributed by atoms with Crippen molar-refractivity contribution in [3.05, 3.63) is 0 Å². The lowest BCUT2D eigenvalue weighted by Crippen LogP contribution is -2.45. The number of aliphatic hydroxyl groups is 1. The maximum atomic E-state index is 11.7. The molecule has 106 valence electrons. The third-order valence-electron chi connectivity index (χ3n) is 4.95. The van der Waals surface area contributed by atoms with E-state index in [0.29, 0.717) is 19.3 Å². The summed E-state index contributed by atoms with van der Waals surface area (Å²) in [5.74, 6) is -0.664. The Morgan fingerprint density at radius 2 is 1.67 bits per heavy atom. The van der Waals surface area contributed by atoms with Crippen molar-refractivity contribution in [1.29, 1.82) is 0 Å². The van der Waals surface area contributed by atoms with Gasteiger partial charge >= 0.3 is 5.97 Å². The first-order valence-corrected chi connectivity index (χ1v) is 6.97. The molecule has 0 amide bonds. The highest BCUT2D eigenvalue weighted by Crippen LogP contribution is 2.49. The number of hydrogen-bond donors (Lipinski definition) is 2. The molecule has 0 aromatic rings. The zero-order valence-electron chi connectivity index (χ0n) is 12.4. The van der Waals surface area contributed by atoms with Crippen molar-refractivity contribution in [2.45, 2.75) is 72.3 Å². The van der Waals surface area contributed by atoms with Crippen molar-refractivity contribution >= 4 is 5.97 Å². The Morgan fingerprint density at radius 1 is 1.22 bits per heavy atom. The average molecular weight is 256 g/mol. The Kier molecular flexibility index (Phi) is 4.16. The molecule has 0 aromatic carbocycles. The maximum absolute atomic E-state index is 11.7. The van der Waals surface area contributed by atoms with Crippen LogP contribution >= 0.6 is 0 Å². The van der Waals surface area contributed by atoms with E-state index in [-0.39, 0.29) is 11.3 Å². The summed E-state index contributed by atoms with van der Waals surface area (Å²) in [7, 11) is 0. The average Bonchev–Trinajstić information content (AvgIpc) is 2.21. The summed E-state index contributed by atoms with van der Waals surface area (Å²) in [6.45, 7) is 10.0. The topological polar surface area (TPSA) is 57.5 Å². The molecule has 18 heavy (non-hydrogen) atoms. The highest BCUT2D eigenvalue weighted by Gasteiger charge is 2.48. The lowest BCUT2D eigenvalue weighted by atomic mass is 9.61. The molecule has 1 rings (SSSR count). The van der Waals surface area contributed by atoms with Gasteiger partial charge < -0.3 is 10.2 Å². The number of aliphatic carboxylic acids is 1. The Bertz CT molecular complexity index is 306. The molecule has 1 unspecified atom stereocenters. The Morgan fingerprint density at radius 3 is 2.00 bits per heavy atom. The minimum absolute atomic E-state index is 0.0728. The third kappa shape index (κ3) is 3.25. The van der Waals surface area contributed by atoms with Crippen LogP contribution in [0.4, 0.5) is 0 Å². The largest absolute Gasteiger partial charge is 0.481 e. The van der Waals surface area contributed by atoms with E-state index in [1.54, 1.807) is 6.92 Å². The van der Waals surface area contributed by atoms with Crippen LogP contribution in [0.15, 0.2) is 0 Å². The molecule has 0 spiro atoms. The van der Waals surface area contributed by atoms with Gasteiger partial charge in [0.25, 0.3) is 0 Å². The van der Waals surface area contributed by atoms with Gasteiger partial charge in [-0.2, -0.15) is 0 Å². The van der Waals surface area contributed by atoms with Crippen LogP contribution in [-0.2, 0) is 4.79 Å². The van der Waals surface area contributed by atoms with E-state index in [9.17, 15) is 15.0 Å². The molecule has 0 aromatic heterocycles. The van der Waals surface area contributed by atoms with Crippen molar-refractivity contribution in [1.82, 2.24) is 0 Å². The van der Waals surface area contributed by atoms with Crippen molar-refractivity contribution < 1.29 is 15.0 Å². The summed E-state index contributed by atoms with van der Waals surface area (Å²) in [5, 5.41) is 20.0. The van der Waals surface area contributed by atoms with Crippen LogP contribution < -0.4 is 0 Å². The van der Waals surface area contributed by atoms with E-state index in [2.05, 4.69) is 13.8 Å². The molecular weight excluding hydrogens is 228 g/mol. The lowest BCUT2D eigenvalue weighted by Gasteiger charge is -2.44. The zero-order valence-corrected chi connectivity index (χ0v) is 12.4. The fourth-order valence-corrected chi connectivity index (χ4v) is 2.76. The summed E-state index contributed by atoms with van der Waals surface area (Å²) in [4.78, 5) is 11.7. The normalized spacial score (nSPS) is 25.7. The second-order valence-electron chi connectivity index (χ2n) is 7.44. The SMILES string of the molecule is CC(C)C(C)(O)CC1(C(=O)O)CCC(C)(C)CC1. The molecule has 1 saturated carbocycles. The van der Waals surface area contributed by atoms with Crippen LogP contribution in [0.3, 0.4) is 0 Å². The molecule has 2 N–H and O–H groups in total. The number of rotatable bonds is 4. The van der Waals surface area contributed by atoms with Gasteiger partial charge in [-0.25, -0.2) is 0 Å². The predicted octanol–water partition coefficient (Wildman–Crippen LogP) is 3.45. The van der Waals surface area contributed by atoms with Crippen molar-refractivity contribution in [2.75, 3.05) is 0 Å². The molecule has 1 aliphatic carbocycles. The molecule has 1 atom stereocenters. The fraction of sp³-hybridized carbons (Fsp3) is 0.933. The van der Waals surface area contributed by atoms with Crippen LogP contribution in [0, 0.1) is 16.7 Å². The first-order valence-electron chi connectivity index (χ1n) is 6.97. The second kappa shape index (κ2) is 4.84. The number of hydrogen-bond acceptors (Lipinski definition) is 2. The lowest BCUT2D eigenvalue weighted by molar-refractivity contribution is -0.159. The van der Waals surface area contributed by atoms with Gasteiger partial charge in [-0.15, -0.1) is 0 Å². The van der Waals surface area contributed by atoms with Crippen LogP contribution in [-0.4, -0.2) is 21.8 Å². The standard InChI is InChI=1S/C15H28O3/c1-11(2)14(5,18)10-15(12(16)17)8-6-13(3,4)7-9-15/h11,18H,6-10H2,1-5H3,(H,16,17). The van der Waals surface area contributed by atoms with Gasteiger partial charge in [0.2, 0.25) is 0 Å². The molecule has 0 bridgehead atoms. The van der Waals surface area contributed by atoms with Crippen LogP contribution in [0.5, 0.6) is 0 Å². The molecule has 0 aliphatic heterocycles. The van der Waals surface area contributed by atoms with E-state index in [0.717, 1.165) is 12.8 Å². The molecule has 1 aliphatic rings. The molecule has 3 nitrogen and oxygen atoms in total. The minimum atomic E-state index is -0.903. The summed E-state index contributed by atoms with van der Waals surface area (Å²) in [6.07, 6.45) is 3.57.